The molecule has 0 saturated heterocycles. The van der Waals surface area contributed by atoms with Gasteiger partial charge in [-0.2, -0.15) is 0 Å². The van der Waals surface area contributed by atoms with E-state index in [2.05, 4.69) is 32.7 Å². The van der Waals surface area contributed by atoms with Crippen LogP contribution in [0.3, 0.4) is 0 Å². The Morgan fingerprint density at radius 3 is 2.36 bits per heavy atom. The Kier molecular flexibility index (Phi) is 8.37. The van der Waals surface area contributed by atoms with Crippen LogP contribution in [0.2, 0.25) is 0 Å². The van der Waals surface area contributed by atoms with Gasteiger partial charge in [0.25, 0.3) is 5.56 Å². The molecule has 0 unspecified atom stereocenters. The van der Waals surface area contributed by atoms with Crippen molar-refractivity contribution in [3.05, 3.63) is 64.4 Å². The van der Waals surface area contributed by atoms with Crippen LogP contribution in [-0.2, 0) is 16.0 Å². The van der Waals surface area contributed by atoms with E-state index in [1.54, 1.807) is 31.2 Å². The van der Waals surface area contributed by atoms with Gasteiger partial charge in [0.15, 0.2) is 10.9 Å². The lowest BCUT2D eigenvalue weighted by Crippen LogP contribution is -2.25. The van der Waals surface area contributed by atoms with Crippen LogP contribution in [0, 0.1) is 0 Å². The summed E-state index contributed by atoms with van der Waals surface area (Å²) < 4.78 is 0. The van der Waals surface area contributed by atoms with Gasteiger partial charge in [0.2, 0.25) is 11.8 Å². The second-order valence-electron chi connectivity index (χ2n) is 7.31. The summed E-state index contributed by atoms with van der Waals surface area (Å²) in [5.74, 6) is -0.341. The number of benzene rings is 2. The molecule has 3 aromatic rings. The second kappa shape index (κ2) is 11.4. The van der Waals surface area contributed by atoms with Gasteiger partial charge in [0.05, 0.1) is 10.9 Å². The molecule has 172 valence electrons. The maximum Gasteiger partial charge on any atom is 0.278 e. The largest absolute Gasteiger partial charge is 0.325 e. The number of hydrogen-bond donors (Lipinski definition) is 3. The minimum absolute atomic E-state index is 0.0971. The van der Waals surface area contributed by atoms with Crippen molar-refractivity contribution in [1.29, 1.82) is 0 Å². The van der Waals surface area contributed by atoms with Crippen molar-refractivity contribution in [2.45, 2.75) is 50.4 Å². The van der Waals surface area contributed by atoms with Crippen molar-refractivity contribution in [3.8, 4) is 11.3 Å². The van der Waals surface area contributed by atoms with Gasteiger partial charge in [-0.3, -0.25) is 19.4 Å². The highest BCUT2D eigenvalue weighted by molar-refractivity contribution is 8.00. The Labute approximate surface area is 196 Å². The van der Waals surface area contributed by atoms with Gasteiger partial charge < -0.3 is 10.6 Å². The van der Waals surface area contributed by atoms with E-state index in [1.165, 1.54) is 5.56 Å². The summed E-state index contributed by atoms with van der Waals surface area (Å²) in [5, 5.41) is 13.7. The third kappa shape index (κ3) is 6.29. The Balaban J connectivity index is 1.76. The summed E-state index contributed by atoms with van der Waals surface area (Å²) in [6.07, 6.45) is 1.79. The number of aromatic nitrogens is 3. The van der Waals surface area contributed by atoms with Gasteiger partial charge in [-0.1, -0.05) is 62.9 Å². The van der Waals surface area contributed by atoms with E-state index < -0.39 is 10.8 Å². The molecular weight excluding hydrogens is 438 g/mol. The molecule has 0 fully saturated rings. The van der Waals surface area contributed by atoms with Gasteiger partial charge in [-0.05, 0) is 36.6 Å². The first kappa shape index (κ1) is 24.2. The molecule has 1 heterocycles. The topological polar surface area (TPSA) is 117 Å². The number of thioether (sulfide) groups is 1. The lowest BCUT2D eigenvalue weighted by atomic mass is 10.1. The van der Waals surface area contributed by atoms with Crippen LogP contribution in [0.15, 0.2) is 58.5 Å². The molecule has 3 N–H and O–H groups in total. The van der Waals surface area contributed by atoms with Crippen LogP contribution in [-0.4, -0.2) is 32.2 Å². The molecular formula is C24H27N5O3S. The summed E-state index contributed by atoms with van der Waals surface area (Å²) in [4.78, 5) is 40.0. The molecule has 1 aromatic heterocycles. The van der Waals surface area contributed by atoms with E-state index in [-0.39, 0.29) is 22.7 Å². The lowest BCUT2D eigenvalue weighted by Gasteiger charge is -2.14. The number of rotatable bonds is 9. The van der Waals surface area contributed by atoms with E-state index in [0.717, 1.165) is 23.9 Å². The van der Waals surface area contributed by atoms with E-state index in [1.807, 2.05) is 31.2 Å². The lowest BCUT2D eigenvalue weighted by molar-refractivity contribution is -0.116. The number of aryl methyl sites for hydroxylation is 1. The minimum atomic E-state index is -0.456. The SMILES string of the molecule is CCC(=O)Nc1ccccc1-c1nnc(S[C@H](CC)C(=O)Nc2ccc(CC)cc2)[nH]c1=O. The fourth-order valence-corrected chi connectivity index (χ4v) is 3.93. The summed E-state index contributed by atoms with van der Waals surface area (Å²) in [5.41, 5.74) is 2.53. The third-order valence-corrected chi connectivity index (χ3v) is 6.24. The van der Waals surface area contributed by atoms with Gasteiger partial charge in [-0.25, -0.2) is 0 Å². The zero-order valence-electron chi connectivity index (χ0n) is 18.8. The number of hydrogen-bond acceptors (Lipinski definition) is 6. The first-order valence-corrected chi connectivity index (χ1v) is 11.8. The standard InChI is InChI=1S/C24H27N5O3S/c1-4-15-11-13-16(14-12-15)25-22(31)19(5-2)33-24-27-23(32)21(28-29-24)17-9-7-8-10-18(17)26-20(30)6-3/h7-14,19H,4-6H2,1-3H3,(H,25,31)(H,26,30)(H,27,29,32)/t19-/m1/s1. The van der Waals surface area contributed by atoms with Crippen LogP contribution < -0.4 is 16.2 Å². The van der Waals surface area contributed by atoms with Crippen molar-refractivity contribution in [2.24, 2.45) is 0 Å². The number of anilines is 2. The maximum absolute atomic E-state index is 12.8. The molecule has 8 nitrogen and oxygen atoms in total. The smallest absolute Gasteiger partial charge is 0.278 e. The first-order valence-electron chi connectivity index (χ1n) is 10.9. The number of para-hydroxylation sites is 1. The van der Waals surface area contributed by atoms with E-state index in [0.29, 0.717) is 24.1 Å². The van der Waals surface area contributed by atoms with E-state index in [4.69, 9.17) is 0 Å². The molecule has 9 heteroatoms. The van der Waals surface area contributed by atoms with Crippen molar-refractivity contribution in [2.75, 3.05) is 10.6 Å². The normalized spacial score (nSPS) is 11.6. The molecule has 2 aromatic carbocycles. The van der Waals surface area contributed by atoms with Crippen molar-refractivity contribution < 1.29 is 9.59 Å². The van der Waals surface area contributed by atoms with Crippen LogP contribution in [0.5, 0.6) is 0 Å². The number of H-pyrrole nitrogens is 1. The molecule has 0 aliphatic rings. The van der Waals surface area contributed by atoms with Gasteiger partial charge in [-0.15, -0.1) is 10.2 Å². The molecule has 0 radical (unpaired) electrons. The maximum atomic E-state index is 12.8. The van der Waals surface area contributed by atoms with Crippen LogP contribution in [0.1, 0.15) is 39.2 Å². The monoisotopic (exact) mass is 465 g/mol. The Bertz CT molecular complexity index is 1180. The van der Waals surface area contributed by atoms with Crippen LogP contribution in [0.4, 0.5) is 11.4 Å². The van der Waals surface area contributed by atoms with Crippen LogP contribution in [0.25, 0.3) is 11.3 Å². The van der Waals surface area contributed by atoms with Crippen molar-refractivity contribution >= 4 is 35.0 Å². The molecule has 0 saturated carbocycles. The molecule has 0 spiro atoms. The van der Waals surface area contributed by atoms with Crippen molar-refractivity contribution in [1.82, 2.24) is 15.2 Å². The molecule has 0 bridgehead atoms. The average Bonchev–Trinajstić information content (AvgIpc) is 2.83. The summed E-state index contributed by atoms with van der Waals surface area (Å²) >= 11 is 1.15. The fourth-order valence-electron chi connectivity index (χ4n) is 3.09. The number of nitrogens with zero attached hydrogens (tertiary/aromatic N) is 2. The predicted molar refractivity (Wildman–Crippen MR) is 131 cm³/mol. The van der Waals surface area contributed by atoms with Crippen molar-refractivity contribution in [3.63, 3.8) is 0 Å². The highest BCUT2D eigenvalue weighted by Crippen LogP contribution is 2.26. The Morgan fingerprint density at radius 2 is 1.73 bits per heavy atom. The summed E-state index contributed by atoms with van der Waals surface area (Å²) in [6.45, 7) is 5.71. The minimum Gasteiger partial charge on any atom is -0.325 e. The number of carbonyl (C=O) groups is 2. The molecule has 0 aliphatic carbocycles. The zero-order valence-corrected chi connectivity index (χ0v) is 19.7. The number of carbonyl (C=O) groups excluding carboxylic acids is 2. The average molecular weight is 466 g/mol. The molecule has 0 aliphatic heterocycles. The third-order valence-electron chi connectivity index (χ3n) is 5.00. The molecule has 1 atom stereocenters. The zero-order chi connectivity index (χ0) is 23.8. The Morgan fingerprint density at radius 1 is 1.00 bits per heavy atom. The molecule has 2 amide bonds. The number of aromatic amines is 1. The molecule has 33 heavy (non-hydrogen) atoms. The summed E-state index contributed by atoms with van der Waals surface area (Å²) in [6, 6.07) is 14.6. The highest BCUT2D eigenvalue weighted by Gasteiger charge is 2.21. The Hall–Kier alpha value is -3.46. The van der Waals surface area contributed by atoms with Gasteiger partial charge in [0.1, 0.15) is 0 Å². The summed E-state index contributed by atoms with van der Waals surface area (Å²) in [7, 11) is 0. The van der Waals surface area contributed by atoms with E-state index in [9.17, 15) is 14.4 Å². The van der Waals surface area contributed by atoms with Gasteiger partial charge in [0, 0.05) is 17.7 Å². The highest BCUT2D eigenvalue weighted by atomic mass is 32.2. The predicted octanol–water partition coefficient (Wildman–Crippen LogP) is 4.25. The second-order valence-corrected chi connectivity index (χ2v) is 8.50. The van der Waals surface area contributed by atoms with E-state index >= 15 is 0 Å². The fraction of sp³-hybridized carbons (Fsp3) is 0.292. The number of amides is 2. The number of nitrogens with one attached hydrogen (secondary N) is 3. The van der Waals surface area contributed by atoms with Gasteiger partial charge >= 0.3 is 0 Å². The van der Waals surface area contributed by atoms with Crippen LogP contribution >= 0.6 is 11.8 Å². The quantitative estimate of drug-likeness (QED) is 0.407. The first-order chi connectivity index (χ1) is 15.9. The molecule has 3 rings (SSSR count).